The van der Waals surface area contributed by atoms with Gasteiger partial charge in [-0.2, -0.15) is 0 Å². The van der Waals surface area contributed by atoms with Gasteiger partial charge in [-0.3, -0.25) is 0 Å². The van der Waals surface area contributed by atoms with Crippen LogP contribution in [0.4, 0.5) is 0 Å². The van der Waals surface area contributed by atoms with Crippen LogP contribution in [0.3, 0.4) is 0 Å². The molecule has 0 spiro atoms. The molecular weight excluding hydrogens is 297 g/mol. The van der Waals surface area contributed by atoms with Crippen LogP contribution in [0.15, 0.2) is 30.6 Å². The molecule has 0 bridgehead atoms. The molecule has 0 aliphatic heterocycles. The number of nitrogens with one attached hydrogen (secondary N) is 1. The Morgan fingerprint density at radius 1 is 1.15 bits per heavy atom. The lowest BCUT2D eigenvalue weighted by Gasteiger charge is -2.17. The van der Waals surface area contributed by atoms with E-state index >= 15 is 0 Å². The van der Waals surface area contributed by atoms with E-state index in [1.165, 1.54) is 6.33 Å². The van der Waals surface area contributed by atoms with Crippen molar-refractivity contribution in [3.63, 3.8) is 0 Å². The highest BCUT2D eigenvalue weighted by Crippen LogP contribution is 2.25. The van der Waals surface area contributed by atoms with E-state index in [1.54, 1.807) is 13.2 Å². The molecule has 1 aromatic heterocycles. The minimum atomic E-state index is 0.0609. The second-order valence-corrected chi connectivity index (χ2v) is 5.17. The molecule has 0 aliphatic rings. The number of rotatable bonds is 5. The van der Waals surface area contributed by atoms with Crippen molar-refractivity contribution in [3.8, 4) is 5.88 Å². The molecule has 106 valence electrons. The summed E-state index contributed by atoms with van der Waals surface area (Å²) in [7, 11) is 3.47. The zero-order chi connectivity index (χ0) is 14.5. The summed E-state index contributed by atoms with van der Waals surface area (Å²) in [6.07, 6.45) is 2.18. The standard InChI is InChI=1S/C14H15Cl2N3O/c1-17-13(9-3-10(15)5-11(16)4-9)6-12-7-14(20-2)19-8-18-12/h3-5,7-8,13,17H,6H2,1-2H3. The molecule has 0 aliphatic carbocycles. The second-order valence-electron chi connectivity index (χ2n) is 4.30. The Kier molecular flexibility index (Phi) is 5.17. The third-order valence-electron chi connectivity index (χ3n) is 2.96. The molecule has 0 amide bonds. The number of likely N-dealkylation sites (N-methyl/N-ethyl adjacent to an activating group) is 1. The Labute approximate surface area is 128 Å². The van der Waals surface area contributed by atoms with E-state index in [0.29, 0.717) is 22.3 Å². The van der Waals surface area contributed by atoms with Crippen molar-refractivity contribution < 1.29 is 4.74 Å². The first kappa shape index (κ1) is 15.0. The Bertz CT molecular complexity index is 572. The van der Waals surface area contributed by atoms with Crippen molar-refractivity contribution in [2.24, 2.45) is 0 Å². The maximum Gasteiger partial charge on any atom is 0.216 e. The van der Waals surface area contributed by atoms with Crippen LogP contribution in [0.5, 0.6) is 5.88 Å². The van der Waals surface area contributed by atoms with Crippen molar-refractivity contribution in [3.05, 3.63) is 51.9 Å². The number of halogens is 2. The maximum absolute atomic E-state index is 6.04. The van der Waals surface area contributed by atoms with Crippen LogP contribution in [0, 0.1) is 0 Å². The van der Waals surface area contributed by atoms with E-state index in [-0.39, 0.29) is 6.04 Å². The van der Waals surface area contributed by atoms with Gasteiger partial charge in [0.1, 0.15) is 6.33 Å². The summed E-state index contributed by atoms with van der Waals surface area (Å²) >= 11 is 12.1. The number of ether oxygens (including phenoxy) is 1. The lowest BCUT2D eigenvalue weighted by molar-refractivity contribution is 0.395. The van der Waals surface area contributed by atoms with E-state index in [1.807, 2.05) is 25.2 Å². The van der Waals surface area contributed by atoms with Gasteiger partial charge in [0.15, 0.2) is 0 Å². The predicted molar refractivity (Wildman–Crippen MR) is 80.6 cm³/mol. The summed E-state index contributed by atoms with van der Waals surface area (Å²) in [6.45, 7) is 0. The molecule has 20 heavy (non-hydrogen) atoms. The van der Waals surface area contributed by atoms with Crippen molar-refractivity contribution >= 4 is 23.2 Å². The number of nitrogens with zero attached hydrogens (tertiary/aromatic N) is 2. The number of methoxy groups -OCH3 is 1. The van der Waals surface area contributed by atoms with Crippen LogP contribution in [0.1, 0.15) is 17.3 Å². The Hall–Kier alpha value is -1.36. The van der Waals surface area contributed by atoms with E-state index in [2.05, 4.69) is 15.3 Å². The molecule has 1 heterocycles. The van der Waals surface area contributed by atoms with Gasteiger partial charge in [-0.1, -0.05) is 23.2 Å². The van der Waals surface area contributed by atoms with Gasteiger partial charge < -0.3 is 10.1 Å². The van der Waals surface area contributed by atoms with Crippen molar-refractivity contribution in [2.45, 2.75) is 12.5 Å². The van der Waals surface area contributed by atoms with Gasteiger partial charge in [-0.15, -0.1) is 0 Å². The van der Waals surface area contributed by atoms with Crippen molar-refractivity contribution in [1.29, 1.82) is 0 Å². The van der Waals surface area contributed by atoms with E-state index in [4.69, 9.17) is 27.9 Å². The average Bonchev–Trinajstić information content (AvgIpc) is 2.44. The molecule has 0 saturated carbocycles. The third-order valence-corrected chi connectivity index (χ3v) is 3.39. The Balaban J connectivity index is 2.23. The van der Waals surface area contributed by atoms with Gasteiger partial charge in [0, 0.05) is 34.3 Å². The first-order valence-electron chi connectivity index (χ1n) is 6.10. The van der Waals surface area contributed by atoms with E-state index in [9.17, 15) is 0 Å². The van der Waals surface area contributed by atoms with Crippen LogP contribution in [-0.2, 0) is 6.42 Å². The van der Waals surface area contributed by atoms with Crippen molar-refractivity contribution in [1.82, 2.24) is 15.3 Å². The topological polar surface area (TPSA) is 47.0 Å². The van der Waals surface area contributed by atoms with Crippen LogP contribution in [0.2, 0.25) is 10.0 Å². The SMILES string of the molecule is CNC(Cc1cc(OC)ncn1)c1cc(Cl)cc(Cl)c1. The number of aromatic nitrogens is 2. The van der Waals surface area contributed by atoms with Crippen LogP contribution >= 0.6 is 23.2 Å². The lowest BCUT2D eigenvalue weighted by atomic mass is 10.0. The molecule has 0 fully saturated rings. The van der Waals surface area contributed by atoms with Crippen LogP contribution in [-0.4, -0.2) is 24.1 Å². The zero-order valence-corrected chi connectivity index (χ0v) is 12.7. The quantitative estimate of drug-likeness (QED) is 0.920. The maximum atomic E-state index is 6.04. The third kappa shape index (κ3) is 3.82. The van der Waals surface area contributed by atoms with Gasteiger partial charge in [-0.25, -0.2) is 9.97 Å². The first-order chi connectivity index (χ1) is 9.62. The second kappa shape index (κ2) is 6.88. The lowest BCUT2D eigenvalue weighted by Crippen LogP contribution is -2.19. The summed E-state index contributed by atoms with van der Waals surface area (Å²) in [5.41, 5.74) is 1.90. The van der Waals surface area contributed by atoms with Gasteiger partial charge in [-0.05, 0) is 30.8 Å². The number of hydrogen-bond donors (Lipinski definition) is 1. The Morgan fingerprint density at radius 2 is 1.85 bits per heavy atom. The molecule has 1 N–H and O–H groups in total. The van der Waals surface area contributed by atoms with Gasteiger partial charge in [0.25, 0.3) is 0 Å². The molecular formula is C14H15Cl2N3O. The fourth-order valence-corrected chi connectivity index (χ4v) is 2.52. The summed E-state index contributed by atoms with van der Waals surface area (Å²) in [6, 6.07) is 7.38. The molecule has 6 heteroatoms. The minimum Gasteiger partial charge on any atom is -0.481 e. The average molecular weight is 312 g/mol. The Morgan fingerprint density at radius 3 is 2.45 bits per heavy atom. The van der Waals surface area contributed by atoms with E-state index in [0.717, 1.165) is 11.3 Å². The monoisotopic (exact) mass is 311 g/mol. The molecule has 1 unspecified atom stereocenters. The summed E-state index contributed by atoms with van der Waals surface area (Å²) in [5, 5.41) is 4.48. The summed E-state index contributed by atoms with van der Waals surface area (Å²) < 4.78 is 5.10. The molecule has 0 radical (unpaired) electrons. The molecule has 2 aromatic rings. The summed E-state index contributed by atoms with van der Waals surface area (Å²) in [5.74, 6) is 0.550. The van der Waals surface area contributed by atoms with Gasteiger partial charge >= 0.3 is 0 Å². The molecule has 1 aromatic carbocycles. The minimum absolute atomic E-state index is 0.0609. The fourth-order valence-electron chi connectivity index (χ4n) is 1.97. The molecule has 0 saturated heterocycles. The number of benzene rings is 1. The highest BCUT2D eigenvalue weighted by molar-refractivity contribution is 6.34. The smallest absolute Gasteiger partial charge is 0.216 e. The fraction of sp³-hybridized carbons (Fsp3) is 0.286. The van der Waals surface area contributed by atoms with Gasteiger partial charge in [0.05, 0.1) is 7.11 Å². The zero-order valence-electron chi connectivity index (χ0n) is 11.2. The van der Waals surface area contributed by atoms with Crippen molar-refractivity contribution in [2.75, 3.05) is 14.2 Å². The normalized spacial score (nSPS) is 12.2. The number of hydrogen-bond acceptors (Lipinski definition) is 4. The molecule has 1 atom stereocenters. The van der Waals surface area contributed by atoms with E-state index < -0.39 is 0 Å². The highest BCUT2D eigenvalue weighted by Gasteiger charge is 2.13. The van der Waals surface area contributed by atoms with Crippen LogP contribution < -0.4 is 10.1 Å². The van der Waals surface area contributed by atoms with Crippen LogP contribution in [0.25, 0.3) is 0 Å². The predicted octanol–water partition coefficient (Wildman–Crippen LogP) is 3.30. The largest absolute Gasteiger partial charge is 0.481 e. The molecule has 2 rings (SSSR count). The van der Waals surface area contributed by atoms with Gasteiger partial charge in [0.2, 0.25) is 5.88 Å². The molecule has 4 nitrogen and oxygen atoms in total. The highest BCUT2D eigenvalue weighted by atomic mass is 35.5. The first-order valence-corrected chi connectivity index (χ1v) is 6.86. The summed E-state index contributed by atoms with van der Waals surface area (Å²) in [4.78, 5) is 8.24.